The number of benzene rings is 1. The molecule has 0 spiro atoms. The van der Waals surface area contributed by atoms with Crippen LogP contribution in [-0.2, 0) is 16.1 Å². The van der Waals surface area contributed by atoms with Gasteiger partial charge in [-0.05, 0) is 30.8 Å². The van der Waals surface area contributed by atoms with E-state index in [0.29, 0.717) is 12.1 Å². The molecule has 0 radical (unpaired) electrons. The van der Waals surface area contributed by atoms with Gasteiger partial charge in [0.15, 0.2) is 0 Å². The van der Waals surface area contributed by atoms with Crippen molar-refractivity contribution in [3.05, 3.63) is 33.8 Å². The maximum atomic E-state index is 11.6. The number of rotatable bonds is 5. The predicted octanol–water partition coefficient (Wildman–Crippen LogP) is 1.15. The van der Waals surface area contributed by atoms with Crippen LogP contribution < -0.4 is 5.73 Å². The second-order valence-electron chi connectivity index (χ2n) is 3.93. The number of hydrogen-bond donors (Lipinski definition) is 1. The Hall–Kier alpha value is -1.40. The summed E-state index contributed by atoms with van der Waals surface area (Å²) in [5.74, 6) is -0.808. The maximum Gasteiger partial charge on any atom is 0.338 e. The van der Waals surface area contributed by atoms with E-state index in [2.05, 4.69) is 15.9 Å². The highest BCUT2D eigenvalue weighted by atomic mass is 79.9. The Bertz CT molecular complexity index is 463. The van der Waals surface area contributed by atoms with E-state index >= 15 is 0 Å². The average Bonchev–Trinajstić information content (AvgIpc) is 2.27. The Morgan fingerprint density at radius 3 is 2.67 bits per heavy atom. The van der Waals surface area contributed by atoms with Gasteiger partial charge in [-0.2, -0.15) is 0 Å². The summed E-state index contributed by atoms with van der Waals surface area (Å²) in [6, 6.07) is 5.27. The number of halogens is 1. The van der Waals surface area contributed by atoms with E-state index in [1.54, 1.807) is 24.1 Å². The summed E-state index contributed by atoms with van der Waals surface area (Å²) >= 11 is 3.35. The highest BCUT2D eigenvalue weighted by molar-refractivity contribution is 9.10. The molecule has 0 saturated carbocycles. The lowest BCUT2D eigenvalue weighted by molar-refractivity contribution is -0.118. The van der Waals surface area contributed by atoms with E-state index in [-0.39, 0.29) is 6.54 Å². The highest BCUT2D eigenvalue weighted by Gasteiger charge is 2.14. The molecule has 0 saturated heterocycles. The molecule has 0 aromatic heterocycles. The van der Waals surface area contributed by atoms with Gasteiger partial charge in [0.1, 0.15) is 0 Å². The van der Waals surface area contributed by atoms with Crippen molar-refractivity contribution in [3.8, 4) is 0 Å². The topological polar surface area (TPSA) is 72.6 Å². The quantitative estimate of drug-likeness (QED) is 0.828. The molecule has 0 aliphatic rings. The van der Waals surface area contributed by atoms with E-state index < -0.39 is 11.9 Å². The Kier molecular flexibility index (Phi) is 5.30. The SMILES string of the molecule is COC(=O)c1ccc(Br)cc1CN(C)CC(N)=O. The fourth-order valence-electron chi connectivity index (χ4n) is 1.61. The first-order chi connectivity index (χ1) is 8.43. The number of amides is 1. The van der Waals surface area contributed by atoms with Gasteiger partial charge in [0.05, 0.1) is 19.2 Å². The number of methoxy groups -OCH3 is 1. The Labute approximate surface area is 114 Å². The van der Waals surface area contributed by atoms with Crippen LogP contribution in [0.25, 0.3) is 0 Å². The normalized spacial score (nSPS) is 10.4. The minimum absolute atomic E-state index is 0.132. The summed E-state index contributed by atoms with van der Waals surface area (Å²) in [6.45, 7) is 0.569. The number of nitrogens with zero attached hydrogens (tertiary/aromatic N) is 1. The molecule has 0 aliphatic heterocycles. The number of carbonyl (C=O) groups excluding carboxylic acids is 2. The molecule has 1 rings (SSSR count). The highest BCUT2D eigenvalue weighted by Crippen LogP contribution is 2.18. The number of likely N-dealkylation sites (N-methyl/N-ethyl adjacent to an activating group) is 1. The summed E-state index contributed by atoms with van der Waals surface area (Å²) in [7, 11) is 3.09. The number of primary amides is 1. The van der Waals surface area contributed by atoms with Gasteiger partial charge in [-0.15, -0.1) is 0 Å². The molecule has 0 aliphatic carbocycles. The third kappa shape index (κ3) is 4.12. The second-order valence-corrected chi connectivity index (χ2v) is 4.85. The standard InChI is InChI=1S/C12H15BrN2O3/c1-15(7-11(14)16)6-8-5-9(13)3-4-10(8)12(17)18-2/h3-5H,6-7H2,1-2H3,(H2,14,16). The van der Waals surface area contributed by atoms with Gasteiger partial charge in [0.2, 0.25) is 5.91 Å². The lowest BCUT2D eigenvalue weighted by Crippen LogP contribution is -2.30. The molecular formula is C12H15BrN2O3. The number of hydrogen-bond acceptors (Lipinski definition) is 4. The summed E-state index contributed by atoms with van der Waals surface area (Å²) in [5.41, 5.74) is 6.38. The van der Waals surface area contributed by atoms with Gasteiger partial charge in [-0.1, -0.05) is 15.9 Å². The van der Waals surface area contributed by atoms with Gasteiger partial charge >= 0.3 is 5.97 Å². The molecule has 6 heteroatoms. The van der Waals surface area contributed by atoms with Crippen molar-refractivity contribution < 1.29 is 14.3 Å². The van der Waals surface area contributed by atoms with E-state index in [0.717, 1.165) is 10.0 Å². The van der Waals surface area contributed by atoms with Crippen LogP contribution in [0.5, 0.6) is 0 Å². The number of carbonyl (C=O) groups is 2. The van der Waals surface area contributed by atoms with Crippen LogP contribution in [0.3, 0.4) is 0 Å². The van der Waals surface area contributed by atoms with Crippen LogP contribution in [0.1, 0.15) is 15.9 Å². The van der Waals surface area contributed by atoms with Crippen LogP contribution in [0.2, 0.25) is 0 Å². The predicted molar refractivity (Wildman–Crippen MR) is 71.0 cm³/mol. The Morgan fingerprint density at radius 1 is 1.44 bits per heavy atom. The first-order valence-corrected chi connectivity index (χ1v) is 6.07. The second kappa shape index (κ2) is 6.51. The molecular weight excluding hydrogens is 300 g/mol. The lowest BCUT2D eigenvalue weighted by Gasteiger charge is -2.16. The molecule has 0 atom stereocenters. The summed E-state index contributed by atoms with van der Waals surface area (Å²) in [6.07, 6.45) is 0. The van der Waals surface area contributed by atoms with Gasteiger partial charge in [0, 0.05) is 11.0 Å². The zero-order valence-electron chi connectivity index (χ0n) is 10.3. The average molecular weight is 315 g/mol. The van der Waals surface area contributed by atoms with E-state index in [4.69, 9.17) is 10.5 Å². The van der Waals surface area contributed by atoms with E-state index in [1.165, 1.54) is 7.11 Å². The van der Waals surface area contributed by atoms with E-state index in [9.17, 15) is 9.59 Å². The molecule has 0 heterocycles. The Balaban J connectivity index is 2.95. The van der Waals surface area contributed by atoms with Crippen LogP contribution >= 0.6 is 15.9 Å². The van der Waals surface area contributed by atoms with Gasteiger partial charge < -0.3 is 10.5 Å². The van der Waals surface area contributed by atoms with Crippen molar-refractivity contribution in [3.63, 3.8) is 0 Å². The number of nitrogens with two attached hydrogens (primary N) is 1. The van der Waals surface area contributed by atoms with Crippen molar-refractivity contribution in [1.82, 2.24) is 4.90 Å². The van der Waals surface area contributed by atoms with Crippen molar-refractivity contribution in [2.75, 3.05) is 20.7 Å². The molecule has 1 aromatic carbocycles. The first kappa shape index (κ1) is 14.7. The maximum absolute atomic E-state index is 11.6. The van der Waals surface area contributed by atoms with Crippen LogP contribution in [0, 0.1) is 0 Å². The van der Waals surface area contributed by atoms with Gasteiger partial charge in [0.25, 0.3) is 0 Å². The summed E-state index contributed by atoms with van der Waals surface area (Å²) < 4.78 is 5.57. The molecule has 0 fully saturated rings. The molecule has 1 amide bonds. The summed E-state index contributed by atoms with van der Waals surface area (Å²) in [4.78, 5) is 24.2. The number of esters is 1. The van der Waals surface area contributed by atoms with Crippen molar-refractivity contribution in [1.29, 1.82) is 0 Å². The third-order valence-corrected chi connectivity index (χ3v) is 2.83. The fraction of sp³-hybridized carbons (Fsp3) is 0.333. The van der Waals surface area contributed by atoms with Crippen LogP contribution in [0.4, 0.5) is 0 Å². The van der Waals surface area contributed by atoms with Crippen LogP contribution in [0.15, 0.2) is 22.7 Å². The number of ether oxygens (including phenoxy) is 1. The summed E-state index contributed by atoms with van der Waals surface area (Å²) in [5, 5.41) is 0. The van der Waals surface area contributed by atoms with E-state index in [1.807, 2.05) is 6.07 Å². The monoisotopic (exact) mass is 314 g/mol. The molecule has 0 bridgehead atoms. The molecule has 1 aromatic rings. The first-order valence-electron chi connectivity index (χ1n) is 5.27. The Morgan fingerprint density at radius 2 is 2.11 bits per heavy atom. The fourth-order valence-corrected chi connectivity index (χ4v) is 2.02. The molecule has 98 valence electrons. The molecule has 5 nitrogen and oxygen atoms in total. The zero-order chi connectivity index (χ0) is 13.7. The molecule has 0 unspecified atom stereocenters. The molecule has 18 heavy (non-hydrogen) atoms. The van der Waals surface area contributed by atoms with Crippen molar-refractivity contribution >= 4 is 27.8 Å². The molecule has 2 N–H and O–H groups in total. The van der Waals surface area contributed by atoms with Crippen LogP contribution in [-0.4, -0.2) is 37.5 Å². The van der Waals surface area contributed by atoms with Gasteiger partial charge in [-0.3, -0.25) is 9.69 Å². The smallest absolute Gasteiger partial charge is 0.338 e. The van der Waals surface area contributed by atoms with Crippen molar-refractivity contribution in [2.24, 2.45) is 5.73 Å². The minimum atomic E-state index is -0.410. The van der Waals surface area contributed by atoms with Gasteiger partial charge in [-0.25, -0.2) is 4.79 Å². The van der Waals surface area contributed by atoms with Crippen molar-refractivity contribution in [2.45, 2.75) is 6.54 Å². The third-order valence-electron chi connectivity index (χ3n) is 2.34. The minimum Gasteiger partial charge on any atom is -0.465 e. The lowest BCUT2D eigenvalue weighted by atomic mass is 10.1. The zero-order valence-corrected chi connectivity index (χ0v) is 11.9. The largest absolute Gasteiger partial charge is 0.465 e.